The molecule has 7 heteroatoms. The largest absolute Gasteiger partial charge is 0.356 e. The zero-order valence-corrected chi connectivity index (χ0v) is 14.9. The van der Waals surface area contributed by atoms with Crippen molar-refractivity contribution in [2.75, 3.05) is 13.6 Å². The van der Waals surface area contributed by atoms with E-state index in [0.29, 0.717) is 30.4 Å². The van der Waals surface area contributed by atoms with Crippen molar-refractivity contribution in [1.82, 2.24) is 25.8 Å². The van der Waals surface area contributed by atoms with Crippen LogP contribution in [0.15, 0.2) is 64.2 Å². The predicted octanol–water partition coefficient (Wildman–Crippen LogP) is 2.60. The van der Waals surface area contributed by atoms with Crippen LogP contribution in [-0.2, 0) is 6.42 Å². The van der Waals surface area contributed by atoms with Crippen molar-refractivity contribution in [2.45, 2.75) is 19.4 Å². The monoisotopic (exact) mass is 350 g/mol. The molecule has 0 spiro atoms. The van der Waals surface area contributed by atoms with E-state index in [4.69, 9.17) is 4.52 Å². The van der Waals surface area contributed by atoms with E-state index in [9.17, 15) is 0 Å². The van der Waals surface area contributed by atoms with Gasteiger partial charge in [0.2, 0.25) is 0 Å². The standard InChI is InChI=1S/C19H22N6O/c1-14(15-8-4-3-5-9-15)23-19(20-2)22-13-11-17-24-18(26-25-17)16-10-6-7-12-21-16/h3-10,12,14H,11,13H2,1-2H3,(H2,20,22,23). The number of aliphatic imine (C=N–C) groups is 1. The van der Waals surface area contributed by atoms with Crippen molar-refractivity contribution in [1.29, 1.82) is 0 Å². The number of hydrogen-bond donors (Lipinski definition) is 2. The predicted molar refractivity (Wildman–Crippen MR) is 101 cm³/mol. The molecule has 0 aliphatic heterocycles. The number of nitrogens with one attached hydrogen (secondary N) is 2. The Balaban J connectivity index is 1.50. The molecule has 1 atom stereocenters. The molecule has 3 rings (SSSR count). The Morgan fingerprint density at radius 1 is 1.15 bits per heavy atom. The molecule has 26 heavy (non-hydrogen) atoms. The van der Waals surface area contributed by atoms with Crippen LogP contribution in [0.2, 0.25) is 0 Å². The Morgan fingerprint density at radius 3 is 2.69 bits per heavy atom. The van der Waals surface area contributed by atoms with E-state index < -0.39 is 0 Å². The van der Waals surface area contributed by atoms with Gasteiger partial charge in [0.1, 0.15) is 5.69 Å². The third-order valence-corrected chi connectivity index (χ3v) is 3.87. The summed E-state index contributed by atoms with van der Waals surface area (Å²) in [5, 5.41) is 10.6. The van der Waals surface area contributed by atoms with Crippen LogP contribution < -0.4 is 10.6 Å². The summed E-state index contributed by atoms with van der Waals surface area (Å²) in [7, 11) is 1.75. The Kier molecular flexibility index (Phi) is 5.92. The first kappa shape index (κ1) is 17.6. The fraction of sp³-hybridized carbons (Fsp3) is 0.263. The molecule has 3 aromatic rings. The number of aromatic nitrogens is 3. The van der Waals surface area contributed by atoms with Gasteiger partial charge in [-0.3, -0.25) is 9.98 Å². The summed E-state index contributed by atoms with van der Waals surface area (Å²) < 4.78 is 5.26. The van der Waals surface area contributed by atoms with Crippen molar-refractivity contribution in [2.24, 2.45) is 4.99 Å². The van der Waals surface area contributed by atoms with E-state index in [1.165, 1.54) is 5.56 Å². The van der Waals surface area contributed by atoms with Crippen LogP contribution in [0, 0.1) is 0 Å². The van der Waals surface area contributed by atoms with E-state index in [-0.39, 0.29) is 6.04 Å². The third kappa shape index (κ3) is 4.66. The Hall–Kier alpha value is -3.22. The van der Waals surface area contributed by atoms with Crippen molar-refractivity contribution in [3.63, 3.8) is 0 Å². The summed E-state index contributed by atoms with van der Waals surface area (Å²) in [6, 6.07) is 16.0. The fourth-order valence-electron chi connectivity index (χ4n) is 2.47. The normalized spacial score (nSPS) is 12.6. The molecular weight excluding hydrogens is 328 g/mol. The van der Waals surface area contributed by atoms with Gasteiger partial charge >= 0.3 is 0 Å². The number of rotatable bonds is 6. The summed E-state index contributed by atoms with van der Waals surface area (Å²) in [6.45, 7) is 2.74. The van der Waals surface area contributed by atoms with Crippen LogP contribution in [0.25, 0.3) is 11.6 Å². The zero-order valence-electron chi connectivity index (χ0n) is 14.9. The van der Waals surface area contributed by atoms with Gasteiger partial charge in [0, 0.05) is 26.2 Å². The van der Waals surface area contributed by atoms with Gasteiger partial charge in [0.25, 0.3) is 5.89 Å². The van der Waals surface area contributed by atoms with Crippen LogP contribution in [0.5, 0.6) is 0 Å². The topological polar surface area (TPSA) is 88.2 Å². The first-order valence-corrected chi connectivity index (χ1v) is 8.52. The summed E-state index contributed by atoms with van der Waals surface area (Å²) in [5.41, 5.74) is 1.88. The number of hydrogen-bond acceptors (Lipinski definition) is 5. The second-order valence-corrected chi connectivity index (χ2v) is 5.76. The Labute approximate surface area is 152 Å². The molecule has 0 fully saturated rings. The molecule has 0 amide bonds. The highest BCUT2D eigenvalue weighted by Crippen LogP contribution is 2.13. The Morgan fingerprint density at radius 2 is 1.96 bits per heavy atom. The Bertz CT molecular complexity index is 832. The van der Waals surface area contributed by atoms with Gasteiger partial charge in [-0.1, -0.05) is 41.6 Å². The molecule has 7 nitrogen and oxygen atoms in total. The maximum atomic E-state index is 5.26. The molecule has 0 radical (unpaired) electrons. The number of nitrogens with zero attached hydrogens (tertiary/aromatic N) is 4. The first-order valence-electron chi connectivity index (χ1n) is 8.52. The van der Waals surface area contributed by atoms with Crippen molar-refractivity contribution in [3.05, 3.63) is 66.1 Å². The molecule has 2 aromatic heterocycles. The number of pyridine rings is 1. The van der Waals surface area contributed by atoms with E-state index in [1.807, 2.05) is 36.4 Å². The molecule has 1 unspecified atom stereocenters. The van der Waals surface area contributed by atoms with Crippen LogP contribution in [0.3, 0.4) is 0 Å². The van der Waals surface area contributed by atoms with Crippen molar-refractivity contribution >= 4 is 5.96 Å². The molecule has 0 aliphatic carbocycles. The molecule has 0 saturated heterocycles. The smallest absolute Gasteiger partial charge is 0.276 e. The van der Waals surface area contributed by atoms with Gasteiger partial charge in [-0.25, -0.2) is 0 Å². The fourth-order valence-corrected chi connectivity index (χ4v) is 2.47. The average molecular weight is 350 g/mol. The molecule has 0 saturated carbocycles. The molecule has 134 valence electrons. The second kappa shape index (κ2) is 8.75. The van der Waals surface area contributed by atoms with Gasteiger partial charge in [-0.2, -0.15) is 4.98 Å². The average Bonchev–Trinajstić information content (AvgIpc) is 3.17. The third-order valence-electron chi connectivity index (χ3n) is 3.87. The summed E-state index contributed by atoms with van der Waals surface area (Å²) in [5.74, 6) is 1.79. The van der Waals surface area contributed by atoms with Crippen LogP contribution >= 0.6 is 0 Å². The lowest BCUT2D eigenvalue weighted by atomic mass is 10.1. The number of guanidine groups is 1. The molecule has 2 heterocycles. The number of benzene rings is 1. The SMILES string of the molecule is CN=C(NCCc1noc(-c2ccccn2)n1)NC(C)c1ccccc1. The maximum Gasteiger partial charge on any atom is 0.276 e. The minimum Gasteiger partial charge on any atom is -0.356 e. The zero-order chi connectivity index (χ0) is 18.2. The lowest BCUT2D eigenvalue weighted by Gasteiger charge is -2.18. The van der Waals surface area contributed by atoms with E-state index in [0.717, 1.165) is 5.96 Å². The maximum absolute atomic E-state index is 5.26. The van der Waals surface area contributed by atoms with Gasteiger partial charge in [-0.05, 0) is 24.6 Å². The molecule has 0 aliphatic rings. The second-order valence-electron chi connectivity index (χ2n) is 5.76. The van der Waals surface area contributed by atoms with Crippen molar-refractivity contribution < 1.29 is 4.52 Å². The highest BCUT2D eigenvalue weighted by atomic mass is 16.5. The van der Waals surface area contributed by atoms with Crippen LogP contribution in [0.1, 0.15) is 24.4 Å². The molecular formula is C19H22N6O. The molecule has 1 aromatic carbocycles. The van der Waals surface area contributed by atoms with E-state index in [1.54, 1.807) is 13.2 Å². The summed E-state index contributed by atoms with van der Waals surface area (Å²) >= 11 is 0. The quantitative estimate of drug-likeness (QED) is 0.525. The van der Waals surface area contributed by atoms with Crippen LogP contribution in [-0.4, -0.2) is 34.7 Å². The van der Waals surface area contributed by atoms with Crippen LogP contribution in [0.4, 0.5) is 0 Å². The van der Waals surface area contributed by atoms with Crippen molar-refractivity contribution in [3.8, 4) is 11.6 Å². The van der Waals surface area contributed by atoms with Gasteiger partial charge < -0.3 is 15.2 Å². The molecule has 0 bridgehead atoms. The van der Waals surface area contributed by atoms with Gasteiger partial charge in [0.15, 0.2) is 11.8 Å². The highest BCUT2D eigenvalue weighted by Gasteiger charge is 2.10. The summed E-state index contributed by atoms with van der Waals surface area (Å²) in [4.78, 5) is 12.8. The lowest BCUT2D eigenvalue weighted by molar-refractivity contribution is 0.421. The minimum atomic E-state index is 0.156. The van der Waals surface area contributed by atoms with Gasteiger partial charge in [0.05, 0.1) is 6.04 Å². The molecule has 2 N–H and O–H groups in total. The summed E-state index contributed by atoms with van der Waals surface area (Å²) in [6.07, 6.45) is 2.32. The van der Waals surface area contributed by atoms with Gasteiger partial charge in [-0.15, -0.1) is 0 Å². The highest BCUT2D eigenvalue weighted by molar-refractivity contribution is 5.80. The van der Waals surface area contributed by atoms with E-state index >= 15 is 0 Å². The lowest BCUT2D eigenvalue weighted by Crippen LogP contribution is -2.39. The van der Waals surface area contributed by atoms with E-state index in [2.05, 4.69) is 49.8 Å². The minimum absolute atomic E-state index is 0.156. The first-order chi connectivity index (χ1) is 12.8.